The SMILES string of the molecule is Cc1ccc(-c2c[nH]c3ccccc23)c([N+](=O)[O-])c1-c1c[nH]c2ccccc12. The molecule has 0 aliphatic rings. The third-order valence-electron chi connectivity index (χ3n) is 5.31. The lowest BCUT2D eigenvalue weighted by atomic mass is 9.92. The number of nitro benzene ring substituents is 1. The summed E-state index contributed by atoms with van der Waals surface area (Å²) in [6.07, 6.45) is 3.71. The molecule has 2 N–H and O–H groups in total. The Morgan fingerprint density at radius 1 is 0.750 bits per heavy atom. The molecule has 136 valence electrons. The fourth-order valence-electron chi connectivity index (χ4n) is 4.01. The van der Waals surface area contributed by atoms with Gasteiger partial charge in [-0.3, -0.25) is 10.1 Å². The van der Waals surface area contributed by atoms with E-state index in [1.807, 2.05) is 80.0 Å². The zero-order valence-electron chi connectivity index (χ0n) is 15.2. The Kier molecular flexibility index (Phi) is 3.55. The Bertz CT molecular complexity index is 1360. The predicted octanol–water partition coefficient (Wildman–Crippen LogP) is 6.20. The molecule has 5 rings (SSSR count). The first-order valence-corrected chi connectivity index (χ1v) is 9.06. The van der Waals surface area contributed by atoms with Crippen LogP contribution in [0.4, 0.5) is 5.69 Å². The molecule has 5 aromatic rings. The first kappa shape index (κ1) is 16.3. The van der Waals surface area contributed by atoms with Gasteiger partial charge >= 0.3 is 0 Å². The van der Waals surface area contributed by atoms with Gasteiger partial charge in [0.2, 0.25) is 0 Å². The summed E-state index contributed by atoms with van der Waals surface area (Å²) in [5, 5.41) is 14.2. The number of nitro groups is 1. The Balaban J connectivity index is 1.86. The molecular formula is C23H17N3O2. The molecule has 0 fully saturated rings. The van der Waals surface area contributed by atoms with Gasteiger partial charge in [-0.1, -0.05) is 42.5 Å². The third kappa shape index (κ3) is 2.33. The Labute approximate surface area is 160 Å². The van der Waals surface area contributed by atoms with Crippen molar-refractivity contribution >= 4 is 27.5 Å². The van der Waals surface area contributed by atoms with Crippen LogP contribution in [0.15, 0.2) is 73.1 Å². The van der Waals surface area contributed by atoms with Crippen LogP contribution in [-0.4, -0.2) is 14.9 Å². The molecule has 0 atom stereocenters. The third-order valence-corrected chi connectivity index (χ3v) is 5.31. The highest BCUT2D eigenvalue weighted by Gasteiger charge is 2.26. The van der Waals surface area contributed by atoms with Gasteiger partial charge in [0.05, 0.1) is 16.1 Å². The minimum Gasteiger partial charge on any atom is -0.361 e. The summed E-state index contributed by atoms with van der Waals surface area (Å²) in [7, 11) is 0. The van der Waals surface area contributed by atoms with Crippen molar-refractivity contribution in [3.8, 4) is 22.3 Å². The van der Waals surface area contributed by atoms with Crippen molar-refractivity contribution in [3.05, 3.63) is 88.7 Å². The van der Waals surface area contributed by atoms with Crippen LogP contribution >= 0.6 is 0 Å². The van der Waals surface area contributed by atoms with Gasteiger partial charge in [0.15, 0.2) is 0 Å². The lowest BCUT2D eigenvalue weighted by Crippen LogP contribution is -1.97. The Morgan fingerprint density at radius 3 is 1.96 bits per heavy atom. The molecule has 3 aromatic carbocycles. The summed E-state index contributed by atoms with van der Waals surface area (Å²) in [5.41, 5.74) is 5.89. The number of hydrogen-bond donors (Lipinski definition) is 2. The maximum absolute atomic E-state index is 12.2. The van der Waals surface area contributed by atoms with Gasteiger partial charge in [-0.2, -0.15) is 0 Å². The Morgan fingerprint density at radius 2 is 1.32 bits per heavy atom. The summed E-state index contributed by atoms with van der Waals surface area (Å²) < 4.78 is 0. The molecule has 0 aliphatic heterocycles. The molecule has 0 amide bonds. The molecule has 5 nitrogen and oxygen atoms in total. The first-order valence-electron chi connectivity index (χ1n) is 9.06. The highest BCUT2D eigenvalue weighted by atomic mass is 16.6. The molecule has 0 radical (unpaired) electrons. The van der Waals surface area contributed by atoms with Crippen molar-refractivity contribution in [2.75, 3.05) is 0 Å². The summed E-state index contributed by atoms with van der Waals surface area (Å²) >= 11 is 0. The van der Waals surface area contributed by atoms with Gasteiger partial charge < -0.3 is 9.97 Å². The number of rotatable bonds is 3. The Hall–Kier alpha value is -3.86. The van der Waals surface area contributed by atoms with Crippen molar-refractivity contribution in [2.45, 2.75) is 6.92 Å². The number of aromatic amines is 2. The molecule has 0 unspecified atom stereocenters. The second-order valence-electron chi connectivity index (χ2n) is 6.91. The van der Waals surface area contributed by atoms with E-state index < -0.39 is 0 Å². The molecule has 28 heavy (non-hydrogen) atoms. The van der Waals surface area contributed by atoms with E-state index in [1.54, 1.807) is 0 Å². The van der Waals surface area contributed by atoms with E-state index in [4.69, 9.17) is 0 Å². The van der Waals surface area contributed by atoms with Crippen molar-refractivity contribution in [2.24, 2.45) is 0 Å². The fourth-order valence-corrected chi connectivity index (χ4v) is 4.01. The monoisotopic (exact) mass is 367 g/mol. The molecule has 0 saturated carbocycles. The molecule has 0 spiro atoms. The van der Waals surface area contributed by atoms with E-state index in [0.29, 0.717) is 11.1 Å². The number of H-pyrrole nitrogens is 2. The number of fused-ring (bicyclic) bond motifs is 2. The standard InChI is InChI=1S/C23H17N3O2/c1-14-10-11-17(18-12-24-20-8-4-2-6-15(18)20)23(26(27)28)22(14)19-13-25-21-9-5-3-7-16(19)21/h2-13,24-25H,1H3. The van der Waals surface area contributed by atoms with Crippen LogP contribution in [0, 0.1) is 17.0 Å². The zero-order chi connectivity index (χ0) is 19.3. The minimum atomic E-state index is -0.263. The van der Waals surface area contributed by atoms with Gasteiger partial charge in [0, 0.05) is 45.3 Å². The van der Waals surface area contributed by atoms with Gasteiger partial charge in [-0.15, -0.1) is 0 Å². The van der Waals surface area contributed by atoms with E-state index in [-0.39, 0.29) is 10.6 Å². The highest BCUT2D eigenvalue weighted by molar-refractivity contribution is 6.04. The number of aryl methyl sites for hydroxylation is 1. The average Bonchev–Trinajstić information content (AvgIpc) is 3.32. The first-order chi connectivity index (χ1) is 13.6. The molecular weight excluding hydrogens is 350 g/mol. The highest BCUT2D eigenvalue weighted by Crippen LogP contribution is 2.44. The summed E-state index contributed by atoms with van der Waals surface area (Å²) in [6.45, 7) is 1.92. The quantitative estimate of drug-likeness (QED) is 0.294. The fraction of sp³-hybridized carbons (Fsp3) is 0.0435. The van der Waals surface area contributed by atoms with Crippen molar-refractivity contribution in [3.63, 3.8) is 0 Å². The van der Waals surface area contributed by atoms with E-state index in [9.17, 15) is 10.1 Å². The molecule has 0 aliphatic carbocycles. The summed E-state index contributed by atoms with van der Waals surface area (Å²) in [4.78, 5) is 18.4. The summed E-state index contributed by atoms with van der Waals surface area (Å²) in [5.74, 6) is 0. The number of para-hydroxylation sites is 2. The van der Waals surface area contributed by atoms with Crippen molar-refractivity contribution < 1.29 is 4.92 Å². The molecule has 2 aromatic heterocycles. The molecule has 0 saturated heterocycles. The normalized spacial score (nSPS) is 11.3. The van der Waals surface area contributed by atoms with Gasteiger partial charge in [0.1, 0.15) is 0 Å². The van der Waals surface area contributed by atoms with E-state index in [1.165, 1.54) is 0 Å². The van der Waals surface area contributed by atoms with Gasteiger partial charge in [-0.25, -0.2) is 0 Å². The van der Waals surface area contributed by atoms with Gasteiger partial charge in [-0.05, 0) is 30.7 Å². The van der Waals surface area contributed by atoms with E-state index >= 15 is 0 Å². The largest absolute Gasteiger partial charge is 0.361 e. The average molecular weight is 367 g/mol. The second kappa shape index (κ2) is 6.09. The van der Waals surface area contributed by atoms with E-state index in [0.717, 1.165) is 38.5 Å². The van der Waals surface area contributed by atoms with Crippen LogP contribution in [0.3, 0.4) is 0 Å². The van der Waals surface area contributed by atoms with Crippen molar-refractivity contribution in [1.29, 1.82) is 0 Å². The number of nitrogens with zero attached hydrogens (tertiary/aromatic N) is 1. The maximum Gasteiger partial charge on any atom is 0.285 e. The molecule has 5 heteroatoms. The van der Waals surface area contributed by atoms with E-state index in [2.05, 4.69) is 9.97 Å². The van der Waals surface area contributed by atoms with Crippen LogP contribution in [0.2, 0.25) is 0 Å². The van der Waals surface area contributed by atoms with Crippen LogP contribution in [-0.2, 0) is 0 Å². The summed E-state index contributed by atoms with van der Waals surface area (Å²) in [6, 6.07) is 19.5. The number of nitrogens with one attached hydrogen (secondary N) is 2. The van der Waals surface area contributed by atoms with Gasteiger partial charge in [0.25, 0.3) is 5.69 Å². The number of aromatic nitrogens is 2. The topological polar surface area (TPSA) is 74.7 Å². The van der Waals surface area contributed by atoms with Crippen LogP contribution in [0.25, 0.3) is 44.1 Å². The van der Waals surface area contributed by atoms with Crippen LogP contribution in [0.5, 0.6) is 0 Å². The predicted molar refractivity (Wildman–Crippen MR) is 112 cm³/mol. The number of benzene rings is 3. The lowest BCUT2D eigenvalue weighted by Gasteiger charge is -2.11. The zero-order valence-corrected chi connectivity index (χ0v) is 15.2. The van der Waals surface area contributed by atoms with Crippen LogP contribution in [0.1, 0.15) is 5.56 Å². The number of hydrogen-bond acceptors (Lipinski definition) is 2. The van der Waals surface area contributed by atoms with Crippen LogP contribution < -0.4 is 0 Å². The lowest BCUT2D eigenvalue weighted by molar-refractivity contribution is -0.383. The molecule has 2 heterocycles. The minimum absolute atomic E-state index is 0.134. The maximum atomic E-state index is 12.2. The smallest absolute Gasteiger partial charge is 0.285 e. The van der Waals surface area contributed by atoms with Crippen molar-refractivity contribution in [1.82, 2.24) is 9.97 Å². The second-order valence-corrected chi connectivity index (χ2v) is 6.91. The molecule has 0 bridgehead atoms.